The van der Waals surface area contributed by atoms with Crippen LogP contribution in [0.2, 0.25) is 0 Å². The van der Waals surface area contributed by atoms with Gasteiger partial charge >= 0.3 is 23.9 Å². The van der Waals surface area contributed by atoms with Crippen molar-refractivity contribution in [2.75, 3.05) is 0 Å². The van der Waals surface area contributed by atoms with Crippen LogP contribution in [-0.2, 0) is 19.2 Å². The molecule has 4 N–H and O–H groups in total. The first-order valence-electron chi connectivity index (χ1n) is 8.90. The Morgan fingerprint density at radius 2 is 1.08 bits per heavy atom. The van der Waals surface area contributed by atoms with Gasteiger partial charge in [-0.05, 0) is 31.1 Å². The Bertz CT molecular complexity index is 530. The molecule has 2 aliphatic rings. The van der Waals surface area contributed by atoms with Crippen LogP contribution in [0.15, 0.2) is 0 Å². The molecule has 0 bridgehead atoms. The third-order valence-corrected chi connectivity index (χ3v) is 5.89. The summed E-state index contributed by atoms with van der Waals surface area (Å²) in [5, 5.41) is 35.6. The summed E-state index contributed by atoms with van der Waals surface area (Å²) in [4.78, 5) is 43.5. The van der Waals surface area contributed by atoms with Gasteiger partial charge in [0.05, 0.1) is 11.8 Å². The van der Waals surface area contributed by atoms with Gasteiger partial charge in [0.1, 0.15) is 0 Å². The molecule has 2 saturated carbocycles. The Morgan fingerprint density at radius 1 is 0.692 bits per heavy atom. The molecule has 0 aromatic carbocycles. The van der Waals surface area contributed by atoms with E-state index in [1.54, 1.807) is 13.8 Å². The van der Waals surface area contributed by atoms with Crippen LogP contribution in [0.25, 0.3) is 0 Å². The Hall–Kier alpha value is -2.12. The van der Waals surface area contributed by atoms with Gasteiger partial charge in [-0.25, -0.2) is 0 Å². The van der Waals surface area contributed by atoms with Crippen LogP contribution in [0.4, 0.5) is 0 Å². The highest BCUT2D eigenvalue weighted by Gasteiger charge is 2.58. The minimum absolute atomic E-state index is 0.241. The molecule has 2 unspecified atom stereocenters. The molecule has 0 amide bonds. The highest BCUT2D eigenvalue weighted by molar-refractivity contribution is 5.99. The van der Waals surface area contributed by atoms with Crippen molar-refractivity contribution in [2.24, 2.45) is 22.7 Å². The largest absolute Gasteiger partial charge is 0.481 e. The fourth-order valence-corrected chi connectivity index (χ4v) is 4.12. The number of hydrogen-bond acceptors (Lipinski definition) is 4. The number of carbonyl (C=O) groups is 4. The Morgan fingerprint density at radius 3 is 1.35 bits per heavy atom. The average molecular weight is 372 g/mol. The predicted octanol–water partition coefficient (Wildman–Crippen LogP) is 2.70. The van der Waals surface area contributed by atoms with Gasteiger partial charge in [0.2, 0.25) is 0 Å². The van der Waals surface area contributed by atoms with Gasteiger partial charge in [-0.3, -0.25) is 19.2 Å². The molecule has 0 aromatic heterocycles. The summed E-state index contributed by atoms with van der Waals surface area (Å²) in [6.07, 6.45) is 5.17. The third-order valence-electron chi connectivity index (χ3n) is 5.89. The van der Waals surface area contributed by atoms with Gasteiger partial charge in [0.15, 0.2) is 5.41 Å². The van der Waals surface area contributed by atoms with E-state index in [9.17, 15) is 19.2 Å². The van der Waals surface area contributed by atoms with E-state index in [0.717, 1.165) is 19.3 Å². The maximum Gasteiger partial charge on any atom is 0.321 e. The maximum absolute atomic E-state index is 11.2. The minimum atomic E-state index is -1.59. The van der Waals surface area contributed by atoms with Crippen molar-refractivity contribution >= 4 is 23.9 Å². The molecule has 0 aromatic rings. The Labute approximate surface area is 152 Å². The third kappa shape index (κ3) is 4.34. The lowest BCUT2D eigenvalue weighted by atomic mass is 9.57. The summed E-state index contributed by atoms with van der Waals surface area (Å²) in [5.41, 5.74) is -2.26. The molecule has 0 aliphatic heterocycles. The van der Waals surface area contributed by atoms with E-state index in [1.807, 2.05) is 0 Å². The maximum atomic E-state index is 11.2. The predicted molar refractivity (Wildman–Crippen MR) is 90.7 cm³/mol. The summed E-state index contributed by atoms with van der Waals surface area (Å²) in [6.45, 7) is 3.46. The number of carboxylic acids is 4. The van der Waals surface area contributed by atoms with Gasteiger partial charge in [-0.15, -0.1) is 0 Å². The molecular formula is C18H28O8. The zero-order valence-electron chi connectivity index (χ0n) is 15.2. The smallest absolute Gasteiger partial charge is 0.321 e. The lowest BCUT2D eigenvalue weighted by Gasteiger charge is -2.43. The van der Waals surface area contributed by atoms with Crippen LogP contribution >= 0.6 is 0 Å². The lowest BCUT2D eigenvalue weighted by molar-refractivity contribution is -0.178. The van der Waals surface area contributed by atoms with E-state index in [1.165, 1.54) is 0 Å². The van der Waals surface area contributed by atoms with Gasteiger partial charge in [-0.1, -0.05) is 39.5 Å². The van der Waals surface area contributed by atoms with Crippen molar-refractivity contribution in [3.8, 4) is 0 Å². The highest BCUT2D eigenvalue weighted by Crippen LogP contribution is 2.50. The average Bonchev–Trinajstić information content (AvgIpc) is 2.54. The van der Waals surface area contributed by atoms with E-state index >= 15 is 0 Å². The summed E-state index contributed by atoms with van der Waals surface area (Å²) in [7, 11) is 0. The molecule has 2 fully saturated rings. The number of carboxylic acid groups (broad SMARTS) is 4. The lowest BCUT2D eigenvalue weighted by Crippen LogP contribution is -2.52. The zero-order valence-corrected chi connectivity index (χ0v) is 15.2. The monoisotopic (exact) mass is 372 g/mol. The summed E-state index contributed by atoms with van der Waals surface area (Å²) >= 11 is 0. The van der Waals surface area contributed by atoms with Gasteiger partial charge in [0.25, 0.3) is 0 Å². The zero-order chi connectivity index (χ0) is 20.1. The second-order valence-corrected chi connectivity index (χ2v) is 7.78. The first-order valence-corrected chi connectivity index (χ1v) is 8.90. The molecule has 2 rings (SSSR count). The molecule has 8 nitrogen and oxygen atoms in total. The van der Waals surface area contributed by atoms with Crippen molar-refractivity contribution < 1.29 is 39.6 Å². The van der Waals surface area contributed by atoms with Gasteiger partial charge in [0, 0.05) is 0 Å². The quantitative estimate of drug-likeness (QED) is 0.550. The van der Waals surface area contributed by atoms with Crippen molar-refractivity contribution in [3.05, 3.63) is 0 Å². The van der Waals surface area contributed by atoms with Crippen LogP contribution < -0.4 is 0 Å². The minimum Gasteiger partial charge on any atom is -0.481 e. The van der Waals surface area contributed by atoms with E-state index in [0.29, 0.717) is 25.7 Å². The number of hydrogen-bond donors (Lipinski definition) is 4. The molecule has 2 atom stereocenters. The molecule has 0 radical (unpaired) electrons. The van der Waals surface area contributed by atoms with Crippen molar-refractivity contribution in [3.63, 3.8) is 0 Å². The van der Waals surface area contributed by atoms with Crippen LogP contribution in [0, 0.1) is 22.7 Å². The Kier molecular flexibility index (Phi) is 7.17. The van der Waals surface area contributed by atoms with Crippen LogP contribution in [0.3, 0.4) is 0 Å². The van der Waals surface area contributed by atoms with E-state index in [2.05, 4.69) is 0 Å². The number of aliphatic carboxylic acids is 4. The molecule has 2 aliphatic carbocycles. The summed E-state index contributed by atoms with van der Waals surface area (Å²) in [5.74, 6) is -5.68. The first-order chi connectivity index (χ1) is 12.0. The standard InChI is InChI=1S/C10H16O4.C8H12O4/c1-9(2)5-3-4-6-10(9,7(11)12)8(13)14;9-7(10)5-3-1-2-4-6(5)8(11)12/h3-6H2,1-2H3,(H,11,12)(H,13,14);5-6H,1-4H2,(H,9,10)(H,11,12). The normalized spacial score (nSPS) is 26.7. The van der Waals surface area contributed by atoms with Crippen molar-refractivity contribution in [1.82, 2.24) is 0 Å². The van der Waals surface area contributed by atoms with Crippen LogP contribution in [0.1, 0.15) is 65.2 Å². The molecule has 26 heavy (non-hydrogen) atoms. The molecule has 148 valence electrons. The van der Waals surface area contributed by atoms with Gasteiger partial charge < -0.3 is 20.4 Å². The Balaban J connectivity index is 0.000000263. The van der Waals surface area contributed by atoms with Crippen LogP contribution in [-0.4, -0.2) is 44.3 Å². The SMILES string of the molecule is CC1(C)CCCCC1(C(=O)O)C(=O)O.O=C(O)C1CCCCC1C(=O)O. The molecule has 8 heteroatoms. The first kappa shape index (κ1) is 21.9. The summed E-state index contributed by atoms with van der Waals surface area (Å²) in [6, 6.07) is 0. The summed E-state index contributed by atoms with van der Waals surface area (Å²) < 4.78 is 0. The molecule has 0 spiro atoms. The van der Waals surface area contributed by atoms with E-state index in [4.69, 9.17) is 20.4 Å². The highest BCUT2D eigenvalue weighted by atomic mass is 16.4. The second kappa shape index (κ2) is 8.51. The fourth-order valence-electron chi connectivity index (χ4n) is 4.12. The van der Waals surface area contributed by atoms with Gasteiger partial charge in [-0.2, -0.15) is 0 Å². The topological polar surface area (TPSA) is 149 Å². The molecular weight excluding hydrogens is 344 g/mol. The van der Waals surface area contributed by atoms with Crippen molar-refractivity contribution in [2.45, 2.75) is 65.2 Å². The molecule has 0 saturated heterocycles. The number of rotatable bonds is 4. The fraction of sp³-hybridized carbons (Fsp3) is 0.778. The van der Waals surface area contributed by atoms with Crippen molar-refractivity contribution in [1.29, 1.82) is 0 Å². The van der Waals surface area contributed by atoms with E-state index < -0.39 is 46.5 Å². The molecule has 0 heterocycles. The second-order valence-electron chi connectivity index (χ2n) is 7.78. The van der Waals surface area contributed by atoms with E-state index in [-0.39, 0.29) is 6.42 Å². The van der Waals surface area contributed by atoms with Crippen LogP contribution in [0.5, 0.6) is 0 Å².